The van der Waals surface area contributed by atoms with Crippen molar-refractivity contribution >= 4 is 0 Å². The molecule has 0 fully saturated rings. The van der Waals surface area contributed by atoms with Crippen LogP contribution in [0.15, 0.2) is 41.0 Å². The highest BCUT2D eigenvalue weighted by Crippen LogP contribution is 2.26. The molecule has 3 nitrogen and oxygen atoms in total. The summed E-state index contributed by atoms with van der Waals surface area (Å²) in [5.41, 5.74) is 6.56. The van der Waals surface area contributed by atoms with Crippen LogP contribution in [-0.2, 0) is 12.8 Å². The van der Waals surface area contributed by atoms with Gasteiger partial charge in [-0.25, -0.2) is 5.43 Å². The zero-order valence-electron chi connectivity index (χ0n) is 11.6. The van der Waals surface area contributed by atoms with Crippen LogP contribution in [0.3, 0.4) is 0 Å². The molecule has 0 aliphatic carbocycles. The van der Waals surface area contributed by atoms with Crippen LogP contribution in [0.25, 0.3) is 0 Å². The van der Waals surface area contributed by atoms with E-state index in [1.807, 2.05) is 6.07 Å². The predicted octanol–water partition coefficient (Wildman–Crippen LogP) is 3.35. The van der Waals surface area contributed by atoms with Crippen molar-refractivity contribution in [3.05, 3.63) is 59.0 Å². The molecule has 0 aliphatic heterocycles. The Morgan fingerprint density at radius 1 is 1.26 bits per heavy atom. The van der Waals surface area contributed by atoms with E-state index >= 15 is 0 Å². The Balaban J connectivity index is 2.34. The molecule has 1 atom stereocenters. The molecule has 102 valence electrons. The van der Waals surface area contributed by atoms with E-state index in [4.69, 9.17) is 10.3 Å². The van der Waals surface area contributed by atoms with Crippen molar-refractivity contribution in [2.45, 2.75) is 39.2 Å². The third kappa shape index (κ3) is 3.06. The molecule has 0 saturated carbocycles. The van der Waals surface area contributed by atoms with Crippen molar-refractivity contribution < 1.29 is 4.42 Å². The quantitative estimate of drug-likeness (QED) is 0.617. The average molecular weight is 258 g/mol. The molecule has 0 saturated heterocycles. The molecule has 3 heteroatoms. The van der Waals surface area contributed by atoms with E-state index in [0.29, 0.717) is 0 Å². The van der Waals surface area contributed by atoms with Gasteiger partial charge in [-0.15, -0.1) is 0 Å². The summed E-state index contributed by atoms with van der Waals surface area (Å²) in [4.78, 5) is 0. The summed E-state index contributed by atoms with van der Waals surface area (Å²) in [5.74, 6) is 6.74. The average Bonchev–Trinajstić information content (AvgIpc) is 2.89. The first-order valence-electron chi connectivity index (χ1n) is 6.91. The minimum absolute atomic E-state index is 0.00879. The fourth-order valence-corrected chi connectivity index (χ4v) is 2.48. The fraction of sp³-hybridized carbons (Fsp3) is 0.375. The molecule has 0 radical (unpaired) electrons. The lowest BCUT2D eigenvalue weighted by molar-refractivity contribution is 0.502. The number of aryl methyl sites for hydroxylation is 2. The number of furan rings is 1. The summed E-state index contributed by atoms with van der Waals surface area (Å²) in [6, 6.07) is 10.6. The van der Waals surface area contributed by atoms with E-state index in [1.165, 1.54) is 11.1 Å². The zero-order chi connectivity index (χ0) is 13.7. The summed E-state index contributed by atoms with van der Waals surface area (Å²) in [5, 5.41) is 0. The van der Waals surface area contributed by atoms with Crippen LogP contribution < -0.4 is 11.3 Å². The standard InChI is InChI=1S/C16H22N2O/c1-3-6-12-7-5-8-13(11-12)16(18-17)14-9-10-19-15(14)4-2/h5,7-11,16,18H,3-4,6,17H2,1-2H3. The maximum atomic E-state index is 5.75. The van der Waals surface area contributed by atoms with Gasteiger partial charge in [-0.05, 0) is 23.6 Å². The molecule has 1 aromatic carbocycles. The molecule has 1 heterocycles. The van der Waals surface area contributed by atoms with Gasteiger partial charge in [0.25, 0.3) is 0 Å². The highest BCUT2D eigenvalue weighted by atomic mass is 16.3. The Bertz CT molecular complexity index is 519. The summed E-state index contributed by atoms with van der Waals surface area (Å²) < 4.78 is 5.50. The monoisotopic (exact) mass is 258 g/mol. The van der Waals surface area contributed by atoms with Gasteiger partial charge in [0, 0.05) is 12.0 Å². The molecule has 0 aliphatic rings. The number of hydrogen-bond acceptors (Lipinski definition) is 3. The van der Waals surface area contributed by atoms with E-state index < -0.39 is 0 Å². The normalized spacial score (nSPS) is 12.6. The number of nitrogens with two attached hydrogens (primary N) is 1. The van der Waals surface area contributed by atoms with Gasteiger partial charge in [-0.1, -0.05) is 44.5 Å². The molecule has 2 aromatic rings. The number of hydrogen-bond donors (Lipinski definition) is 2. The SMILES string of the molecule is CCCc1cccc(C(NN)c2ccoc2CC)c1. The molecular formula is C16H22N2O. The number of hydrazine groups is 1. The maximum absolute atomic E-state index is 5.75. The summed E-state index contributed by atoms with van der Waals surface area (Å²) >= 11 is 0. The second-order valence-electron chi connectivity index (χ2n) is 4.75. The Morgan fingerprint density at radius 2 is 2.11 bits per heavy atom. The molecule has 0 spiro atoms. The molecule has 0 bridgehead atoms. The van der Waals surface area contributed by atoms with Crippen LogP contribution in [0.5, 0.6) is 0 Å². The van der Waals surface area contributed by atoms with Crippen molar-refractivity contribution in [2.75, 3.05) is 0 Å². The van der Waals surface area contributed by atoms with Crippen molar-refractivity contribution in [1.29, 1.82) is 0 Å². The first-order chi connectivity index (χ1) is 9.30. The third-order valence-electron chi connectivity index (χ3n) is 3.40. The van der Waals surface area contributed by atoms with Gasteiger partial charge in [0.2, 0.25) is 0 Å². The van der Waals surface area contributed by atoms with Gasteiger partial charge < -0.3 is 4.42 Å². The lowest BCUT2D eigenvalue weighted by Gasteiger charge is -2.17. The van der Waals surface area contributed by atoms with Crippen LogP contribution in [0.4, 0.5) is 0 Å². The van der Waals surface area contributed by atoms with Crippen LogP contribution in [0.1, 0.15) is 48.8 Å². The van der Waals surface area contributed by atoms with Gasteiger partial charge in [-0.3, -0.25) is 5.84 Å². The molecule has 1 aromatic heterocycles. The second kappa shape index (κ2) is 6.55. The highest BCUT2D eigenvalue weighted by molar-refractivity contribution is 5.35. The molecule has 2 rings (SSSR count). The largest absolute Gasteiger partial charge is 0.469 e. The Labute approximate surface area is 114 Å². The van der Waals surface area contributed by atoms with Gasteiger partial charge >= 0.3 is 0 Å². The lowest BCUT2D eigenvalue weighted by atomic mass is 9.96. The third-order valence-corrected chi connectivity index (χ3v) is 3.40. The zero-order valence-corrected chi connectivity index (χ0v) is 11.6. The first-order valence-corrected chi connectivity index (χ1v) is 6.91. The Kier molecular flexibility index (Phi) is 4.77. The van der Waals surface area contributed by atoms with Crippen molar-refractivity contribution in [3.8, 4) is 0 Å². The molecule has 0 amide bonds. The van der Waals surface area contributed by atoms with Gasteiger partial charge in [0.15, 0.2) is 0 Å². The second-order valence-corrected chi connectivity index (χ2v) is 4.75. The summed E-state index contributed by atoms with van der Waals surface area (Å²) in [6.45, 7) is 4.28. The van der Waals surface area contributed by atoms with E-state index in [-0.39, 0.29) is 6.04 Å². The fourth-order valence-electron chi connectivity index (χ4n) is 2.48. The topological polar surface area (TPSA) is 51.2 Å². The Hall–Kier alpha value is -1.58. The summed E-state index contributed by atoms with van der Waals surface area (Å²) in [6.07, 6.45) is 4.84. The molecule has 1 unspecified atom stereocenters. The molecule has 3 N–H and O–H groups in total. The van der Waals surface area contributed by atoms with Crippen molar-refractivity contribution in [1.82, 2.24) is 5.43 Å². The first kappa shape index (κ1) is 13.8. The smallest absolute Gasteiger partial charge is 0.108 e. The van der Waals surface area contributed by atoms with Crippen molar-refractivity contribution in [2.24, 2.45) is 5.84 Å². The lowest BCUT2D eigenvalue weighted by Crippen LogP contribution is -2.29. The minimum Gasteiger partial charge on any atom is -0.469 e. The number of nitrogens with one attached hydrogen (secondary N) is 1. The van der Waals surface area contributed by atoms with Gasteiger partial charge in [-0.2, -0.15) is 0 Å². The maximum Gasteiger partial charge on any atom is 0.108 e. The van der Waals surface area contributed by atoms with Gasteiger partial charge in [0.1, 0.15) is 5.76 Å². The van der Waals surface area contributed by atoms with E-state index in [9.17, 15) is 0 Å². The van der Waals surface area contributed by atoms with Crippen LogP contribution >= 0.6 is 0 Å². The molecule has 19 heavy (non-hydrogen) atoms. The van der Waals surface area contributed by atoms with Crippen molar-refractivity contribution in [3.63, 3.8) is 0 Å². The van der Waals surface area contributed by atoms with Crippen LogP contribution in [0, 0.1) is 0 Å². The summed E-state index contributed by atoms with van der Waals surface area (Å²) in [7, 11) is 0. The van der Waals surface area contributed by atoms with E-state index in [0.717, 1.165) is 30.6 Å². The Morgan fingerprint density at radius 3 is 2.79 bits per heavy atom. The predicted molar refractivity (Wildman–Crippen MR) is 77.7 cm³/mol. The number of rotatable bonds is 6. The van der Waals surface area contributed by atoms with E-state index in [1.54, 1.807) is 6.26 Å². The molecular weight excluding hydrogens is 236 g/mol. The minimum atomic E-state index is -0.00879. The van der Waals surface area contributed by atoms with Crippen LogP contribution in [0.2, 0.25) is 0 Å². The highest BCUT2D eigenvalue weighted by Gasteiger charge is 2.17. The van der Waals surface area contributed by atoms with E-state index in [2.05, 4.69) is 43.5 Å². The number of benzene rings is 1. The van der Waals surface area contributed by atoms with Gasteiger partial charge in [0.05, 0.1) is 12.3 Å². The van der Waals surface area contributed by atoms with Crippen LogP contribution in [-0.4, -0.2) is 0 Å².